The van der Waals surface area contributed by atoms with E-state index in [1.165, 1.54) is 24.3 Å². The summed E-state index contributed by atoms with van der Waals surface area (Å²) in [6.07, 6.45) is -10.7. The van der Waals surface area contributed by atoms with Crippen molar-refractivity contribution in [2.45, 2.75) is 32.5 Å². The van der Waals surface area contributed by atoms with Gasteiger partial charge in [-0.05, 0) is 52.0 Å². The van der Waals surface area contributed by atoms with E-state index >= 15 is 0 Å². The summed E-state index contributed by atoms with van der Waals surface area (Å²) in [5.41, 5.74) is -5.82. The van der Waals surface area contributed by atoms with E-state index in [1.54, 1.807) is 13.8 Å². The predicted molar refractivity (Wildman–Crippen MR) is 104 cm³/mol. The second kappa shape index (κ2) is 10.7. The molecular formula is C19H18F6LiO3P. The van der Waals surface area contributed by atoms with Crippen molar-refractivity contribution in [3.8, 4) is 5.75 Å². The van der Waals surface area contributed by atoms with Gasteiger partial charge in [0.05, 0.1) is 11.1 Å². The first-order valence-corrected chi connectivity index (χ1v) is 9.40. The van der Waals surface area contributed by atoms with Crippen molar-refractivity contribution in [3.63, 3.8) is 0 Å². The number of alkyl halides is 6. The fraction of sp³-hybridized carbons (Fsp3) is 0.316. The fourth-order valence-corrected chi connectivity index (χ4v) is 3.53. The zero-order chi connectivity index (χ0) is 21.8. The average molecular weight is 446 g/mol. The Balaban J connectivity index is 0.00000450. The van der Waals surface area contributed by atoms with E-state index in [-0.39, 0.29) is 24.2 Å². The Labute approximate surface area is 183 Å². The second-order valence-corrected chi connectivity index (χ2v) is 7.12. The summed E-state index contributed by atoms with van der Waals surface area (Å²) >= 11 is 0. The SMILES string of the molecule is CCOC(C)Oc1ccc(PC(=O)c2c(C(F)(F)F)cccc2C(F)(F)F)cc1.[LiH]. The summed E-state index contributed by atoms with van der Waals surface area (Å²) in [6, 6.07) is 7.33. The van der Waals surface area contributed by atoms with Crippen LogP contribution in [0.4, 0.5) is 26.3 Å². The minimum absolute atomic E-state index is 0. The number of hydrogen-bond acceptors (Lipinski definition) is 3. The Kier molecular flexibility index (Phi) is 9.43. The molecule has 0 aliphatic rings. The van der Waals surface area contributed by atoms with Crippen LogP contribution < -0.4 is 10.0 Å². The van der Waals surface area contributed by atoms with Gasteiger partial charge < -0.3 is 9.47 Å². The van der Waals surface area contributed by atoms with Crippen LogP contribution in [0.2, 0.25) is 0 Å². The molecule has 0 radical (unpaired) electrons. The normalized spacial score (nSPS) is 13.2. The van der Waals surface area contributed by atoms with Crippen molar-refractivity contribution in [1.29, 1.82) is 0 Å². The van der Waals surface area contributed by atoms with E-state index < -0.39 is 49.4 Å². The van der Waals surface area contributed by atoms with Crippen LogP contribution in [-0.4, -0.2) is 37.3 Å². The van der Waals surface area contributed by atoms with E-state index in [2.05, 4.69) is 0 Å². The van der Waals surface area contributed by atoms with Gasteiger partial charge in [0.15, 0.2) is 11.8 Å². The zero-order valence-corrected chi connectivity index (χ0v) is 16.3. The third-order valence-corrected chi connectivity index (χ3v) is 4.82. The maximum atomic E-state index is 13.2. The first kappa shape index (κ1) is 26.5. The standard InChI is InChI=1S/C19H17F6O3P.Li.H/c1-3-27-11(2)28-12-7-9-13(10-8-12)29-17(26)16-14(18(20,21)22)5-4-6-15(16)19(23,24)25;;/h4-11,29H,3H2,1-2H3;;. The molecule has 0 saturated heterocycles. The molecule has 160 valence electrons. The molecule has 2 aromatic rings. The summed E-state index contributed by atoms with van der Waals surface area (Å²) in [5, 5.41) is 0.275. The van der Waals surface area contributed by atoms with E-state index in [9.17, 15) is 31.1 Å². The zero-order valence-electron chi connectivity index (χ0n) is 15.3. The van der Waals surface area contributed by atoms with Crippen LogP contribution in [0.15, 0.2) is 42.5 Å². The van der Waals surface area contributed by atoms with Crippen LogP contribution in [0.5, 0.6) is 5.75 Å². The molecule has 0 aromatic heterocycles. The van der Waals surface area contributed by atoms with Crippen LogP contribution in [0.1, 0.15) is 35.3 Å². The molecule has 2 rings (SSSR count). The van der Waals surface area contributed by atoms with Gasteiger partial charge in [0, 0.05) is 12.2 Å². The Morgan fingerprint density at radius 3 is 1.90 bits per heavy atom. The van der Waals surface area contributed by atoms with E-state index in [4.69, 9.17) is 9.47 Å². The second-order valence-electron chi connectivity index (χ2n) is 5.84. The van der Waals surface area contributed by atoms with Gasteiger partial charge in [-0.25, -0.2) is 0 Å². The molecular weight excluding hydrogens is 428 g/mol. The summed E-state index contributed by atoms with van der Waals surface area (Å²) in [7, 11) is -0.926. The van der Waals surface area contributed by atoms with Crippen molar-refractivity contribution >= 4 is 38.3 Å². The summed E-state index contributed by atoms with van der Waals surface area (Å²) in [4.78, 5) is 12.5. The Morgan fingerprint density at radius 1 is 0.967 bits per heavy atom. The molecule has 0 bridgehead atoms. The van der Waals surface area contributed by atoms with Crippen LogP contribution >= 0.6 is 8.58 Å². The van der Waals surface area contributed by atoms with Crippen molar-refractivity contribution in [3.05, 3.63) is 59.2 Å². The molecule has 30 heavy (non-hydrogen) atoms. The molecule has 2 aromatic carbocycles. The van der Waals surface area contributed by atoms with Crippen LogP contribution in [0.3, 0.4) is 0 Å². The van der Waals surface area contributed by atoms with E-state index in [1.807, 2.05) is 0 Å². The van der Waals surface area contributed by atoms with Gasteiger partial charge in [0.1, 0.15) is 5.75 Å². The molecule has 0 aliphatic carbocycles. The summed E-state index contributed by atoms with van der Waals surface area (Å²) in [5.74, 6) is 0.388. The maximum absolute atomic E-state index is 13.2. The Morgan fingerprint density at radius 2 is 1.47 bits per heavy atom. The monoisotopic (exact) mass is 446 g/mol. The third-order valence-electron chi connectivity index (χ3n) is 3.72. The molecule has 0 saturated carbocycles. The first-order chi connectivity index (χ1) is 13.4. The van der Waals surface area contributed by atoms with Crippen molar-refractivity contribution in [2.75, 3.05) is 6.61 Å². The number of hydrogen-bond donors (Lipinski definition) is 0. The molecule has 2 atom stereocenters. The predicted octanol–water partition coefficient (Wildman–Crippen LogP) is 4.98. The quantitative estimate of drug-likeness (QED) is 0.261. The molecule has 3 nitrogen and oxygen atoms in total. The fourth-order valence-electron chi connectivity index (χ4n) is 2.54. The molecule has 0 fully saturated rings. The number of rotatable bonds is 7. The van der Waals surface area contributed by atoms with Gasteiger partial charge >= 0.3 is 31.2 Å². The van der Waals surface area contributed by atoms with E-state index in [0.29, 0.717) is 30.6 Å². The van der Waals surface area contributed by atoms with Crippen LogP contribution in [0.25, 0.3) is 0 Å². The van der Waals surface area contributed by atoms with Gasteiger partial charge in [-0.3, -0.25) is 4.79 Å². The van der Waals surface area contributed by atoms with Gasteiger partial charge in [0.25, 0.3) is 0 Å². The number of ether oxygens (including phenoxy) is 2. The number of carbonyl (C=O) groups is 1. The molecule has 11 heteroatoms. The van der Waals surface area contributed by atoms with Gasteiger partial charge in [-0.1, -0.05) is 18.2 Å². The van der Waals surface area contributed by atoms with Crippen LogP contribution in [-0.2, 0) is 17.1 Å². The van der Waals surface area contributed by atoms with Gasteiger partial charge in [-0.15, -0.1) is 0 Å². The molecule has 0 N–H and O–H groups in total. The van der Waals surface area contributed by atoms with Crippen LogP contribution in [0, 0.1) is 0 Å². The Bertz CT molecular complexity index is 821. The molecule has 0 aliphatic heterocycles. The Hall–Kier alpha value is -1.52. The average Bonchev–Trinajstić information content (AvgIpc) is 2.61. The molecule has 0 amide bonds. The molecule has 0 heterocycles. The number of carbonyl (C=O) groups excluding carboxylic acids is 1. The molecule has 0 spiro atoms. The summed E-state index contributed by atoms with van der Waals surface area (Å²) in [6.45, 7) is 3.87. The van der Waals surface area contributed by atoms with Crippen molar-refractivity contribution < 1.29 is 40.6 Å². The number of halogens is 6. The van der Waals surface area contributed by atoms with Crippen molar-refractivity contribution in [2.24, 2.45) is 0 Å². The van der Waals surface area contributed by atoms with Gasteiger partial charge in [0.2, 0.25) is 0 Å². The number of benzene rings is 2. The van der Waals surface area contributed by atoms with Crippen molar-refractivity contribution in [1.82, 2.24) is 0 Å². The minimum atomic E-state index is -5.09. The molecule has 2 unspecified atom stereocenters. The topological polar surface area (TPSA) is 35.5 Å². The van der Waals surface area contributed by atoms with E-state index in [0.717, 1.165) is 0 Å². The first-order valence-electron chi connectivity index (χ1n) is 8.40. The van der Waals surface area contributed by atoms with Gasteiger partial charge in [-0.2, -0.15) is 26.3 Å². The summed E-state index contributed by atoms with van der Waals surface area (Å²) < 4.78 is 89.9. The third kappa shape index (κ3) is 7.02.